The van der Waals surface area contributed by atoms with Gasteiger partial charge in [-0.05, 0) is 55.0 Å². The van der Waals surface area contributed by atoms with Crippen molar-refractivity contribution in [3.63, 3.8) is 0 Å². The highest BCUT2D eigenvalue weighted by Crippen LogP contribution is 2.31. The van der Waals surface area contributed by atoms with Crippen LogP contribution < -0.4 is 14.2 Å². The SMILES string of the molecule is CCOc1cc(/C=C2/N=C(c3ccc(OC)cc3)OC2=O)ccc1OC(F)F. The third kappa shape index (κ3) is 4.46. The van der Waals surface area contributed by atoms with Gasteiger partial charge in [0.25, 0.3) is 0 Å². The summed E-state index contributed by atoms with van der Waals surface area (Å²) in [5.41, 5.74) is 1.22. The maximum absolute atomic E-state index is 12.5. The lowest BCUT2D eigenvalue weighted by Gasteiger charge is -2.11. The number of cyclic esters (lactones) is 1. The molecule has 0 unspecified atom stereocenters. The number of alkyl halides is 2. The Hall–Kier alpha value is -3.42. The molecule has 0 saturated heterocycles. The number of esters is 1. The van der Waals surface area contributed by atoms with Crippen LogP contribution in [0.4, 0.5) is 8.78 Å². The van der Waals surface area contributed by atoms with E-state index < -0.39 is 12.6 Å². The summed E-state index contributed by atoms with van der Waals surface area (Å²) in [6.07, 6.45) is 1.48. The van der Waals surface area contributed by atoms with Crippen molar-refractivity contribution in [3.05, 3.63) is 59.3 Å². The smallest absolute Gasteiger partial charge is 0.387 e. The molecule has 28 heavy (non-hydrogen) atoms. The Labute approximate surface area is 160 Å². The average molecular weight is 389 g/mol. The van der Waals surface area contributed by atoms with Crippen LogP contribution in [0.5, 0.6) is 17.2 Å². The molecule has 8 heteroatoms. The van der Waals surface area contributed by atoms with E-state index in [9.17, 15) is 13.6 Å². The van der Waals surface area contributed by atoms with Crippen LogP contribution in [0.3, 0.4) is 0 Å². The van der Waals surface area contributed by atoms with E-state index >= 15 is 0 Å². The van der Waals surface area contributed by atoms with Gasteiger partial charge in [0, 0.05) is 5.56 Å². The summed E-state index contributed by atoms with van der Waals surface area (Å²) in [5.74, 6) is 0.274. The molecule has 0 aromatic heterocycles. The molecule has 0 spiro atoms. The molecule has 0 N–H and O–H groups in total. The highest BCUT2D eigenvalue weighted by molar-refractivity contribution is 6.12. The third-order valence-corrected chi connectivity index (χ3v) is 3.74. The highest BCUT2D eigenvalue weighted by atomic mass is 19.3. The lowest BCUT2D eigenvalue weighted by atomic mass is 10.1. The Bertz CT molecular complexity index is 923. The van der Waals surface area contributed by atoms with Gasteiger partial charge < -0.3 is 18.9 Å². The summed E-state index contributed by atoms with van der Waals surface area (Å²) in [5, 5.41) is 0. The molecule has 146 valence electrons. The lowest BCUT2D eigenvalue weighted by Crippen LogP contribution is -2.05. The van der Waals surface area contributed by atoms with Crippen LogP contribution in [-0.2, 0) is 9.53 Å². The maximum atomic E-state index is 12.5. The maximum Gasteiger partial charge on any atom is 0.387 e. The van der Waals surface area contributed by atoms with Crippen molar-refractivity contribution in [1.82, 2.24) is 0 Å². The van der Waals surface area contributed by atoms with Gasteiger partial charge in [0.05, 0.1) is 13.7 Å². The fourth-order valence-electron chi connectivity index (χ4n) is 2.50. The molecule has 0 atom stereocenters. The molecule has 1 aliphatic heterocycles. The minimum atomic E-state index is -2.97. The van der Waals surface area contributed by atoms with E-state index in [0.29, 0.717) is 16.9 Å². The van der Waals surface area contributed by atoms with Gasteiger partial charge in [0.1, 0.15) is 5.75 Å². The van der Waals surface area contributed by atoms with Gasteiger partial charge in [-0.25, -0.2) is 9.79 Å². The van der Waals surface area contributed by atoms with Crippen LogP contribution in [0.15, 0.2) is 53.2 Å². The number of rotatable bonds is 7. The summed E-state index contributed by atoms with van der Waals surface area (Å²) < 4.78 is 45.0. The van der Waals surface area contributed by atoms with Gasteiger partial charge in [-0.1, -0.05) is 6.07 Å². The zero-order chi connectivity index (χ0) is 20.1. The molecular formula is C20H17F2NO5. The number of nitrogens with zero attached hydrogens (tertiary/aromatic N) is 1. The molecule has 0 amide bonds. The van der Waals surface area contributed by atoms with Crippen LogP contribution in [-0.4, -0.2) is 32.2 Å². The summed E-state index contributed by atoms with van der Waals surface area (Å²) in [7, 11) is 1.55. The predicted octanol–water partition coefficient (Wildman–Crippen LogP) is 4.04. The van der Waals surface area contributed by atoms with E-state index in [1.165, 1.54) is 24.3 Å². The molecule has 1 aliphatic rings. The molecule has 2 aromatic carbocycles. The van der Waals surface area contributed by atoms with Crippen molar-refractivity contribution < 1.29 is 32.5 Å². The first kappa shape index (κ1) is 19.3. The summed E-state index contributed by atoms with van der Waals surface area (Å²) >= 11 is 0. The van der Waals surface area contributed by atoms with E-state index in [-0.39, 0.29) is 29.7 Å². The highest BCUT2D eigenvalue weighted by Gasteiger charge is 2.24. The van der Waals surface area contributed by atoms with E-state index in [4.69, 9.17) is 14.2 Å². The van der Waals surface area contributed by atoms with Crippen LogP contribution in [0.2, 0.25) is 0 Å². The number of hydrogen-bond acceptors (Lipinski definition) is 6. The molecule has 3 rings (SSSR count). The summed E-state index contributed by atoms with van der Waals surface area (Å²) in [6.45, 7) is -0.983. The number of aliphatic imine (C=N–C) groups is 1. The normalized spacial score (nSPS) is 14.8. The molecule has 0 saturated carbocycles. The fraction of sp³-hybridized carbons (Fsp3) is 0.200. The van der Waals surface area contributed by atoms with E-state index in [2.05, 4.69) is 9.73 Å². The van der Waals surface area contributed by atoms with Crippen LogP contribution in [0.1, 0.15) is 18.1 Å². The number of halogens is 2. The van der Waals surface area contributed by atoms with Gasteiger partial charge >= 0.3 is 12.6 Å². The molecule has 6 nitrogen and oxygen atoms in total. The van der Waals surface area contributed by atoms with E-state index in [1.54, 1.807) is 38.3 Å². The first-order valence-electron chi connectivity index (χ1n) is 8.38. The largest absolute Gasteiger partial charge is 0.497 e. The Morgan fingerprint density at radius 3 is 2.54 bits per heavy atom. The Morgan fingerprint density at radius 1 is 1.14 bits per heavy atom. The van der Waals surface area contributed by atoms with Crippen molar-refractivity contribution in [2.24, 2.45) is 4.99 Å². The number of carbonyl (C=O) groups excluding carboxylic acids is 1. The minimum absolute atomic E-state index is 0.0794. The molecule has 0 radical (unpaired) electrons. The van der Waals surface area contributed by atoms with Crippen molar-refractivity contribution in [2.45, 2.75) is 13.5 Å². The third-order valence-electron chi connectivity index (χ3n) is 3.74. The van der Waals surface area contributed by atoms with Crippen LogP contribution >= 0.6 is 0 Å². The predicted molar refractivity (Wildman–Crippen MR) is 97.8 cm³/mol. The van der Waals surface area contributed by atoms with E-state index in [0.717, 1.165) is 0 Å². The molecule has 0 aliphatic carbocycles. The summed E-state index contributed by atoms with van der Waals surface area (Å²) in [6, 6.07) is 11.2. The summed E-state index contributed by atoms with van der Waals surface area (Å²) in [4.78, 5) is 16.3. The number of ether oxygens (including phenoxy) is 4. The van der Waals surface area contributed by atoms with Crippen molar-refractivity contribution >= 4 is 17.9 Å². The number of benzene rings is 2. The second-order valence-corrected chi connectivity index (χ2v) is 5.58. The molecule has 2 aromatic rings. The second-order valence-electron chi connectivity index (χ2n) is 5.58. The Kier molecular flexibility index (Phi) is 5.88. The minimum Gasteiger partial charge on any atom is -0.497 e. The Balaban J connectivity index is 1.88. The quantitative estimate of drug-likeness (QED) is 0.528. The van der Waals surface area contributed by atoms with Crippen molar-refractivity contribution in [3.8, 4) is 17.2 Å². The number of hydrogen-bond donors (Lipinski definition) is 0. The first-order valence-corrected chi connectivity index (χ1v) is 8.38. The molecule has 0 fully saturated rings. The standard InChI is InChI=1S/C20H17F2NO5/c1-3-26-17-11-12(4-9-16(17)27-20(21)22)10-15-19(24)28-18(23-15)13-5-7-14(25-2)8-6-13/h4-11,20H,3H2,1-2H3/b15-10+. The fourth-order valence-corrected chi connectivity index (χ4v) is 2.50. The monoisotopic (exact) mass is 389 g/mol. The zero-order valence-corrected chi connectivity index (χ0v) is 15.1. The molecular weight excluding hydrogens is 372 g/mol. The molecule has 1 heterocycles. The van der Waals surface area contributed by atoms with Gasteiger partial charge in [-0.2, -0.15) is 8.78 Å². The number of methoxy groups -OCH3 is 1. The van der Waals surface area contributed by atoms with E-state index in [1.807, 2.05) is 0 Å². The van der Waals surface area contributed by atoms with Crippen molar-refractivity contribution in [2.75, 3.05) is 13.7 Å². The van der Waals surface area contributed by atoms with Gasteiger partial charge in [0.2, 0.25) is 5.90 Å². The lowest BCUT2D eigenvalue weighted by molar-refractivity contribution is -0.129. The van der Waals surface area contributed by atoms with Gasteiger partial charge in [-0.3, -0.25) is 0 Å². The van der Waals surface area contributed by atoms with Gasteiger partial charge in [0.15, 0.2) is 17.2 Å². The second kappa shape index (κ2) is 8.51. The van der Waals surface area contributed by atoms with Crippen molar-refractivity contribution in [1.29, 1.82) is 0 Å². The first-order chi connectivity index (χ1) is 13.5. The topological polar surface area (TPSA) is 66.3 Å². The zero-order valence-electron chi connectivity index (χ0n) is 15.1. The van der Waals surface area contributed by atoms with Crippen LogP contribution in [0.25, 0.3) is 6.08 Å². The molecule has 0 bridgehead atoms. The Morgan fingerprint density at radius 2 is 1.89 bits per heavy atom. The average Bonchev–Trinajstić information content (AvgIpc) is 3.04. The van der Waals surface area contributed by atoms with Crippen LogP contribution in [0, 0.1) is 0 Å². The van der Waals surface area contributed by atoms with Gasteiger partial charge in [-0.15, -0.1) is 0 Å². The number of carbonyl (C=O) groups is 1.